The number of carboxylic acids is 1. The van der Waals surface area contributed by atoms with Crippen molar-refractivity contribution < 1.29 is 9.90 Å². The van der Waals surface area contributed by atoms with Crippen molar-refractivity contribution in [1.29, 1.82) is 0 Å². The largest absolute Gasteiger partial charge is 0.481 e. The summed E-state index contributed by atoms with van der Waals surface area (Å²) in [5.74, 6) is 0.330. The Bertz CT molecular complexity index is 450. The quantitative estimate of drug-likeness (QED) is 0.847. The second kappa shape index (κ2) is 4.17. The van der Waals surface area contributed by atoms with E-state index in [1.54, 1.807) is 5.56 Å². The van der Waals surface area contributed by atoms with Crippen LogP contribution in [0.15, 0.2) is 18.2 Å². The van der Waals surface area contributed by atoms with Crippen LogP contribution >= 0.6 is 0 Å². The van der Waals surface area contributed by atoms with E-state index in [4.69, 9.17) is 5.11 Å². The Morgan fingerprint density at radius 2 is 2.18 bits per heavy atom. The van der Waals surface area contributed by atoms with E-state index >= 15 is 0 Å². The minimum absolute atomic E-state index is 0.333. The van der Waals surface area contributed by atoms with Gasteiger partial charge in [-0.3, -0.25) is 4.79 Å². The molecular weight excluding hydrogens is 212 g/mol. The van der Waals surface area contributed by atoms with Gasteiger partial charge in [-0.1, -0.05) is 18.2 Å². The summed E-state index contributed by atoms with van der Waals surface area (Å²) in [5, 5.41) is 8.94. The van der Waals surface area contributed by atoms with E-state index in [9.17, 15) is 4.79 Å². The third kappa shape index (κ3) is 1.97. The van der Waals surface area contributed by atoms with E-state index in [1.165, 1.54) is 30.4 Å². The molecule has 2 nitrogen and oxygen atoms in total. The summed E-state index contributed by atoms with van der Waals surface area (Å²) in [6, 6.07) is 6.59. The van der Waals surface area contributed by atoms with E-state index in [1.807, 2.05) is 0 Å². The smallest absolute Gasteiger partial charge is 0.303 e. The topological polar surface area (TPSA) is 37.3 Å². The molecule has 0 heterocycles. The van der Waals surface area contributed by atoms with Gasteiger partial charge in [0.1, 0.15) is 0 Å². The van der Waals surface area contributed by atoms with E-state index < -0.39 is 5.97 Å². The highest BCUT2D eigenvalue weighted by Crippen LogP contribution is 2.43. The first-order valence-electron chi connectivity index (χ1n) is 6.56. The lowest BCUT2D eigenvalue weighted by Gasteiger charge is -2.35. The molecule has 1 aromatic rings. The molecule has 0 aromatic heterocycles. The predicted octanol–water partition coefficient (Wildman–Crippen LogP) is 3.14. The van der Waals surface area contributed by atoms with E-state index in [0.717, 1.165) is 12.8 Å². The molecule has 0 spiro atoms. The maximum absolute atomic E-state index is 10.9. The van der Waals surface area contributed by atoms with Gasteiger partial charge in [0.15, 0.2) is 0 Å². The minimum Gasteiger partial charge on any atom is -0.481 e. The third-order valence-electron chi connectivity index (χ3n) is 4.28. The van der Waals surface area contributed by atoms with Crippen LogP contribution in [-0.2, 0) is 17.6 Å². The number of aliphatic carboxylic acids is 1. The van der Waals surface area contributed by atoms with Crippen LogP contribution in [0.25, 0.3) is 0 Å². The zero-order valence-corrected chi connectivity index (χ0v) is 9.98. The predicted molar refractivity (Wildman–Crippen MR) is 66.2 cm³/mol. The third-order valence-corrected chi connectivity index (χ3v) is 4.28. The zero-order chi connectivity index (χ0) is 11.8. The molecule has 2 heteroatoms. The normalized spacial score (nSPS) is 26.4. The van der Waals surface area contributed by atoms with Gasteiger partial charge in [0, 0.05) is 6.42 Å². The molecule has 90 valence electrons. The van der Waals surface area contributed by atoms with Crippen molar-refractivity contribution >= 4 is 5.97 Å². The maximum atomic E-state index is 10.9. The van der Waals surface area contributed by atoms with Crippen LogP contribution in [0.1, 0.15) is 48.3 Å². The van der Waals surface area contributed by atoms with Crippen molar-refractivity contribution in [2.75, 3.05) is 0 Å². The van der Waals surface area contributed by atoms with Gasteiger partial charge in [0.05, 0.1) is 0 Å². The first-order valence-corrected chi connectivity index (χ1v) is 6.56. The minimum atomic E-state index is -0.648. The van der Waals surface area contributed by atoms with Crippen molar-refractivity contribution in [2.24, 2.45) is 5.92 Å². The van der Waals surface area contributed by atoms with E-state index in [0.29, 0.717) is 18.3 Å². The summed E-state index contributed by atoms with van der Waals surface area (Å²) in [7, 11) is 0. The molecule has 0 amide bonds. The molecule has 0 aliphatic heterocycles. The Morgan fingerprint density at radius 1 is 1.35 bits per heavy atom. The van der Waals surface area contributed by atoms with Gasteiger partial charge < -0.3 is 5.11 Å². The van der Waals surface area contributed by atoms with Gasteiger partial charge in [-0.05, 0) is 60.6 Å². The van der Waals surface area contributed by atoms with Gasteiger partial charge in [-0.25, -0.2) is 0 Å². The molecule has 3 rings (SSSR count). The number of benzene rings is 1. The summed E-state index contributed by atoms with van der Waals surface area (Å²) in [4.78, 5) is 10.9. The summed E-state index contributed by atoms with van der Waals surface area (Å²) in [6.45, 7) is 0. The standard InChI is InChI=1S/C15H18O2/c16-14(17)9-10-7-12-5-1-3-11-4-2-6-13(8-10)15(11)12/h1,3,5,10,13H,2,4,6-9H2,(H,16,17)/t10-,13+/m0/s1. The number of hydrogen-bond donors (Lipinski definition) is 1. The SMILES string of the molecule is O=C(O)C[C@H]1Cc2cccc3c2[C@H](CCC3)C1. The van der Waals surface area contributed by atoms with Crippen LogP contribution in [0.3, 0.4) is 0 Å². The molecule has 0 bridgehead atoms. The van der Waals surface area contributed by atoms with Crippen molar-refractivity contribution in [2.45, 2.75) is 44.4 Å². The van der Waals surface area contributed by atoms with Crippen LogP contribution in [-0.4, -0.2) is 11.1 Å². The van der Waals surface area contributed by atoms with Crippen LogP contribution in [0, 0.1) is 5.92 Å². The molecule has 0 saturated heterocycles. The zero-order valence-electron chi connectivity index (χ0n) is 9.98. The Labute approximate surface area is 102 Å². The molecule has 17 heavy (non-hydrogen) atoms. The average Bonchev–Trinajstić information content (AvgIpc) is 2.28. The molecular formula is C15H18O2. The fourth-order valence-electron chi connectivity index (χ4n) is 3.70. The first-order chi connectivity index (χ1) is 8.24. The van der Waals surface area contributed by atoms with Crippen LogP contribution < -0.4 is 0 Å². The average molecular weight is 230 g/mol. The number of aryl methyl sites for hydroxylation is 1. The van der Waals surface area contributed by atoms with Crippen LogP contribution in [0.4, 0.5) is 0 Å². The fraction of sp³-hybridized carbons (Fsp3) is 0.533. The van der Waals surface area contributed by atoms with Gasteiger partial charge >= 0.3 is 5.97 Å². The van der Waals surface area contributed by atoms with Crippen LogP contribution in [0.5, 0.6) is 0 Å². The monoisotopic (exact) mass is 230 g/mol. The van der Waals surface area contributed by atoms with Gasteiger partial charge in [-0.2, -0.15) is 0 Å². The Hall–Kier alpha value is -1.31. The van der Waals surface area contributed by atoms with Gasteiger partial charge in [0.25, 0.3) is 0 Å². The highest BCUT2D eigenvalue weighted by Gasteiger charge is 2.31. The summed E-state index contributed by atoms with van der Waals surface area (Å²) >= 11 is 0. The highest BCUT2D eigenvalue weighted by atomic mass is 16.4. The van der Waals surface area contributed by atoms with Crippen molar-refractivity contribution in [3.63, 3.8) is 0 Å². The summed E-state index contributed by atoms with van der Waals surface area (Å²) in [5.41, 5.74) is 4.51. The lowest BCUT2D eigenvalue weighted by Crippen LogP contribution is -2.24. The fourth-order valence-corrected chi connectivity index (χ4v) is 3.70. The number of hydrogen-bond acceptors (Lipinski definition) is 1. The Balaban J connectivity index is 1.93. The molecule has 1 N–H and O–H groups in total. The lowest BCUT2D eigenvalue weighted by molar-refractivity contribution is -0.138. The second-order valence-electron chi connectivity index (χ2n) is 5.48. The molecule has 1 aromatic carbocycles. The number of carboxylic acid groups (broad SMARTS) is 1. The highest BCUT2D eigenvalue weighted by molar-refractivity contribution is 5.67. The Kier molecular flexibility index (Phi) is 2.65. The summed E-state index contributed by atoms with van der Waals surface area (Å²) < 4.78 is 0. The number of rotatable bonds is 2. The van der Waals surface area contributed by atoms with Crippen molar-refractivity contribution in [3.8, 4) is 0 Å². The first kappa shape index (κ1) is 10.8. The molecule has 0 fully saturated rings. The van der Waals surface area contributed by atoms with Crippen molar-refractivity contribution in [3.05, 3.63) is 34.9 Å². The number of carbonyl (C=O) groups is 1. The molecule has 0 radical (unpaired) electrons. The van der Waals surface area contributed by atoms with Gasteiger partial charge in [0.2, 0.25) is 0 Å². The lowest BCUT2D eigenvalue weighted by atomic mass is 9.69. The van der Waals surface area contributed by atoms with E-state index in [2.05, 4.69) is 18.2 Å². The molecule has 2 aliphatic rings. The Morgan fingerprint density at radius 3 is 3.00 bits per heavy atom. The maximum Gasteiger partial charge on any atom is 0.303 e. The molecule has 0 unspecified atom stereocenters. The van der Waals surface area contributed by atoms with Crippen LogP contribution in [0.2, 0.25) is 0 Å². The summed E-state index contributed by atoms with van der Waals surface area (Å²) in [6.07, 6.45) is 6.10. The second-order valence-corrected chi connectivity index (χ2v) is 5.48. The molecule has 2 aliphatic carbocycles. The van der Waals surface area contributed by atoms with Crippen molar-refractivity contribution in [1.82, 2.24) is 0 Å². The van der Waals surface area contributed by atoms with Gasteiger partial charge in [-0.15, -0.1) is 0 Å². The van der Waals surface area contributed by atoms with E-state index in [-0.39, 0.29) is 0 Å². The molecule has 0 saturated carbocycles. The molecule has 2 atom stereocenters.